The molecule has 1 aliphatic rings. The van der Waals surface area contributed by atoms with E-state index in [9.17, 15) is 0 Å². The average Bonchev–Trinajstić information content (AvgIpc) is 2.79. The molecule has 2 heterocycles. The van der Waals surface area contributed by atoms with Crippen LogP contribution >= 0.6 is 11.6 Å². The normalized spacial score (nSPS) is 21.7. The predicted molar refractivity (Wildman–Crippen MR) is 57.6 cm³/mol. The van der Waals surface area contributed by atoms with Crippen LogP contribution in [0.3, 0.4) is 0 Å². The van der Waals surface area contributed by atoms with Gasteiger partial charge in [-0.1, -0.05) is 18.5 Å². The Hall–Kier alpha value is -0.540. The molecule has 1 aliphatic heterocycles. The predicted octanol–water partition coefficient (Wildman–Crippen LogP) is 1.71. The molecular weight excluding hydrogens is 198 g/mol. The number of halogens is 1. The highest BCUT2D eigenvalue weighted by Gasteiger charge is 2.17. The molecule has 2 rings (SSSR count). The second-order valence-corrected chi connectivity index (χ2v) is 4.21. The lowest BCUT2D eigenvalue weighted by Gasteiger charge is -2.09. The second-order valence-electron chi connectivity index (χ2n) is 3.86. The van der Waals surface area contributed by atoms with Crippen molar-refractivity contribution in [1.29, 1.82) is 0 Å². The molecule has 1 N–H and O–H groups in total. The van der Waals surface area contributed by atoms with Crippen LogP contribution < -0.4 is 5.32 Å². The lowest BCUT2D eigenvalue weighted by molar-refractivity contribution is 0.450. The summed E-state index contributed by atoms with van der Waals surface area (Å²) in [5.74, 6) is 0.692. The summed E-state index contributed by atoms with van der Waals surface area (Å²) < 4.78 is 1.93. The van der Waals surface area contributed by atoms with Gasteiger partial charge >= 0.3 is 0 Å². The molecule has 3 nitrogen and oxygen atoms in total. The lowest BCUT2D eigenvalue weighted by atomic mass is 10.1. The van der Waals surface area contributed by atoms with Gasteiger partial charge < -0.3 is 5.32 Å². The second kappa shape index (κ2) is 4.32. The maximum atomic E-state index is 6.18. The Labute approximate surface area is 89.4 Å². The van der Waals surface area contributed by atoms with Crippen molar-refractivity contribution in [1.82, 2.24) is 15.1 Å². The van der Waals surface area contributed by atoms with Crippen LogP contribution in [0.25, 0.3) is 0 Å². The fourth-order valence-corrected chi connectivity index (χ4v) is 2.18. The number of aryl methyl sites for hydroxylation is 1. The summed E-state index contributed by atoms with van der Waals surface area (Å²) in [6.07, 6.45) is 4.07. The van der Waals surface area contributed by atoms with Gasteiger partial charge in [-0.2, -0.15) is 5.10 Å². The minimum atomic E-state index is 0.692. The van der Waals surface area contributed by atoms with E-state index in [1.54, 1.807) is 0 Å². The van der Waals surface area contributed by atoms with E-state index >= 15 is 0 Å². The number of rotatable bonds is 3. The smallest absolute Gasteiger partial charge is 0.130 e. The first-order valence-electron chi connectivity index (χ1n) is 5.22. The van der Waals surface area contributed by atoms with Gasteiger partial charge in [0.05, 0.1) is 6.20 Å². The van der Waals surface area contributed by atoms with Crippen molar-refractivity contribution in [3.8, 4) is 0 Å². The van der Waals surface area contributed by atoms with E-state index in [1.165, 1.54) is 6.42 Å². The van der Waals surface area contributed by atoms with Gasteiger partial charge in [0, 0.05) is 12.1 Å². The van der Waals surface area contributed by atoms with Crippen LogP contribution in [0.15, 0.2) is 6.20 Å². The fourth-order valence-electron chi connectivity index (χ4n) is 1.89. The van der Waals surface area contributed by atoms with Gasteiger partial charge in [-0.25, -0.2) is 0 Å². The van der Waals surface area contributed by atoms with Gasteiger partial charge in [0.2, 0.25) is 0 Å². The topological polar surface area (TPSA) is 29.9 Å². The first-order chi connectivity index (χ1) is 6.81. The molecule has 14 heavy (non-hydrogen) atoms. The number of hydrogen-bond donors (Lipinski definition) is 1. The molecular formula is C10H16ClN3. The monoisotopic (exact) mass is 213 g/mol. The summed E-state index contributed by atoms with van der Waals surface area (Å²) in [6, 6.07) is 0. The number of nitrogens with one attached hydrogen (secondary N) is 1. The van der Waals surface area contributed by atoms with Gasteiger partial charge in [0.25, 0.3) is 0 Å². The minimum Gasteiger partial charge on any atom is -0.316 e. The van der Waals surface area contributed by atoms with Crippen LogP contribution in [0.5, 0.6) is 0 Å². The Morgan fingerprint density at radius 3 is 3.14 bits per heavy atom. The number of hydrogen-bond acceptors (Lipinski definition) is 2. The van der Waals surface area contributed by atoms with E-state index in [0.717, 1.165) is 36.8 Å². The largest absolute Gasteiger partial charge is 0.316 e. The third-order valence-electron chi connectivity index (χ3n) is 2.82. The summed E-state index contributed by atoms with van der Waals surface area (Å²) in [5.41, 5.74) is 1.15. The van der Waals surface area contributed by atoms with E-state index in [-0.39, 0.29) is 0 Å². The molecule has 0 spiro atoms. The fraction of sp³-hybridized carbons (Fsp3) is 0.700. The minimum absolute atomic E-state index is 0.692. The molecule has 1 saturated heterocycles. The average molecular weight is 214 g/mol. The molecule has 1 aromatic rings. The van der Waals surface area contributed by atoms with E-state index in [2.05, 4.69) is 17.3 Å². The zero-order chi connectivity index (χ0) is 9.97. The number of nitrogens with zero attached hydrogens (tertiary/aromatic N) is 2. The Balaban J connectivity index is 2.04. The first-order valence-corrected chi connectivity index (χ1v) is 5.60. The maximum Gasteiger partial charge on any atom is 0.130 e. The summed E-state index contributed by atoms with van der Waals surface area (Å²) >= 11 is 6.18. The highest BCUT2D eigenvalue weighted by Crippen LogP contribution is 2.19. The molecule has 0 bridgehead atoms. The SMILES string of the molecule is CCc1cnn(CC2CCNC2)c1Cl. The van der Waals surface area contributed by atoms with Crippen molar-refractivity contribution in [3.63, 3.8) is 0 Å². The Morgan fingerprint density at radius 2 is 2.57 bits per heavy atom. The molecule has 0 aliphatic carbocycles. The van der Waals surface area contributed by atoms with Crippen molar-refractivity contribution in [2.24, 2.45) is 5.92 Å². The highest BCUT2D eigenvalue weighted by molar-refractivity contribution is 6.30. The molecule has 1 fully saturated rings. The van der Waals surface area contributed by atoms with Crippen molar-refractivity contribution >= 4 is 11.6 Å². The molecule has 1 atom stereocenters. The van der Waals surface area contributed by atoms with Gasteiger partial charge in [-0.15, -0.1) is 0 Å². The molecule has 4 heteroatoms. The zero-order valence-corrected chi connectivity index (χ0v) is 9.22. The molecule has 0 saturated carbocycles. The van der Waals surface area contributed by atoms with E-state index in [4.69, 9.17) is 11.6 Å². The molecule has 1 aromatic heterocycles. The van der Waals surface area contributed by atoms with Crippen molar-refractivity contribution < 1.29 is 0 Å². The Morgan fingerprint density at radius 1 is 1.71 bits per heavy atom. The molecule has 0 radical (unpaired) electrons. The molecule has 1 unspecified atom stereocenters. The third kappa shape index (κ3) is 1.93. The van der Waals surface area contributed by atoms with E-state index < -0.39 is 0 Å². The Kier molecular flexibility index (Phi) is 3.08. The van der Waals surface area contributed by atoms with Gasteiger partial charge in [-0.05, 0) is 31.8 Å². The van der Waals surface area contributed by atoms with Gasteiger partial charge in [-0.3, -0.25) is 4.68 Å². The highest BCUT2D eigenvalue weighted by atomic mass is 35.5. The molecule has 78 valence electrons. The van der Waals surface area contributed by atoms with Crippen LogP contribution in [0.2, 0.25) is 5.15 Å². The van der Waals surface area contributed by atoms with E-state index in [0.29, 0.717) is 5.92 Å². The van der Waals surface area contributed by atoms with Crippen LogP contribution in [-0.4, -0.2) is 22.9 Å². The van der Waals surface area contributed by atoms with Crippen molar-refractivity contribution in [2.45, 2.75) is 26.3 Å². The molecule has 0 aromatic carbocycles. The van der Waals surface area contributed by atoms with Crippen LogP contribution in [0.1, 0.15) is 18.9 Å². The summed E-state index contributed by atoms with van der Waals surface area (Å²) in [7, 11) is 0. The van der Waals surface area contributed by atoms with Crippen molar-refractivity contribution in [3.05, 3.63) is 16.9 Å². The first kappa shape index (κ1) is 9.99. The Bertz CT molecular complexity index is 302. The summed E-state index contributed by atoms with van der Waals surface area (Å²) in [4.78, 5) is 0. The van der Waals surface area contributed by atoms with Gasteiger partial charge in [0.15, 0.2) is 0 Å². The molecule has 0 amide bonds. The van der Waals surface area contributed by atoms with Crippen molar-refractivity contribution in [2.75, 3.05) is 13.1 Å². The van der Waals surface area contributed by atoms with Gasteiger partial charge in [0.1, 0.15) is 5.15 Å². The van der Waals surface area contributed by atoms with Crippen LogP contribution in [0, 0.1) is 5.92 Å². The summed E-state index contributed by atoms with van der Waals surface area (Å²) in [5, 5.41) is 8.47. The maximum absolute atomic E-state index is 6.18. The quantitative estimate of drug-likeness (QED) is 0.829. The lowest BCUT2D eigenvalue weighted by Crippen LogP contribution is -2.15. The van der Waals surface area contributed by atoms with Crippen LogP contribution in [-0.2, 0) is 13.0 Å². The third-order valence-corrected chi connectivity index (χ3v) is 3.26. The number of aromatic nitrogens is 2. The van der Waals surface area contributed by atoms with Crippen LogP contribution in [0.4, 0.5) is 0 Å². The summed E-state index contributed by atoms with van der Waals surface area (Å²) in [6.45, 7) is 5.28. The zero-order valence-electron chi connectivity index (χ0n) is 8.46. The van der Waals surface area contributed by atoms with E-state index in [1.807, 2.05) is 10.9 Å². The standard InChI is InChI=1S/C10H16ClN3/c1-2-9-6-13-14(10(9)11)7-8-3-4-12-5-8/h6,8,12H,2-5,7H2,1H3.